The number of nitrogens with one attached hydrogen (secondary N) is 2. The van der Waals surface area contributed by atoms with Gasteiger partial charge in [0.25, 0.3) is 11.8 Å². The summed E-state index contributed by atoms with van der Waals surface area (Å²) in [5.41, 5.74) is 6.83. The van der Waals surface area contributed by atoms with Gasteiger partial charge in [0.15, 0.2) is 0 Å². The average Bonchev–Trinajstić information content (AvgIpc) is 2.98. The van der Waals surface area contributed by atoms with Crippen LogP contribution in [0.15, 0.2) is 48.5 Å². The van der Waals surface area contributed by atoms with Crippen molar-refractivity contribution in [3.05, 3.63) is 64.9 Å². The third-order valence-corrected chi connectivity index (χ3v) is 4.62. The van der Waals surface area contributed by atoms with Crippen LogP contribution in [0.25, 0.3) is 11.0 Å². The molecule has 0 saturated heterocycles. The molecule has 0 aliphatic carbocycles. The quantitative estimate of drug-likeness (QED) is 0.659. The molecule has 2 amide bonds. The molecule has 0 unspecified atom stereocenters. The van der Waals surface area contributed by atoms with Gasteiger partial charge >= 0.3 is 0 Å². The second kappa shape index (κ2) is 8.25. The largest absolute Gasteiger partial charge is 0.318 e. The minimum atomic E-state index is -0.469. The number of rotatable bonds is 5. The zero-order chi connectivity index (χ0) is 18.5. The number of imidazole rings is 1. The van der Waals surface area contributed by atoms with E-state index in [1.807, 2.05) is 35.1 Å². The lowest BCUT2D eigenvalue weighted by molar-refractivity contribution is -0.122. The molecule has 8 heteroatoms. The fourth-order valence-electron chi connectivity index (χ4n) is 2.56. The molecular weight excluding hydrogens is 372 g/mol. The molecule has 0 bridgehead atoms. The van der Waals surface area contributed by atoms with Crippen molar-refractivity contribution in [2.75, 3.05) is 6.26 Å². The number of carbonyl (C=O) groups is 2. The highest BCUT2D eigenvalue weighted by molar-refractivity contribution is 7.97. The molecule has 2 aromatic carbocycles. The van der Waals surface area contributed by atoms with Crippen molar-refractivity contribution in [2.45, 2.75) is 12.3 Å². The van der Waals surface area contributed by atoms with Gasteiger partial charge in [-0.25, -0.2) is 4.98 Å². The number of nitrogens with zero attached hydrogens (tertiary/aromatic N) is 2. The van der Waals surface area contributed by atoms with Crippen molar-refractivity contribution in [3.63, 3.8) is 0 Å². The Labute approximate surface area is 159 Å². The van der Waals surface area contributed by atoms with Gasteiger partial charge in [-0.05, 0) is 30.5 Å². The highest BCUT2D eigenvalue weighted by Gasteiger charge is 2.14. The Morgan fingerprint density at radius 2 is 1.85 bits per heavy atom. The van der Waals surface area contributed by atoms with Crippen molar-refractivity contribution in [1.82, 2.24) is 20.4 Å². The van der Waals surface area contributed by atoms with Crippen LogP contribution < -0.4 is 10.9 Å². The number of hydrogen-bond acceptors (Lipinski definition) is 4. The predicted octanol–water partition coefficient (Wildman–Crippen LogP) is 3.01. The van der Waals surface area contributed by atoms with Crippen molar-refractivity contribution in [3.8, 4) is 0 Å². The van der Waals surface area contributed by atoms with E-state index in [1.165, 1.54) is 0 Å². The zero-order valence-corrected chi connectivity index (χ0v) is 15.6. The van der Waals surface area contributed by atoms with E-state index in [0.717, 1.165) is 16.9 Å². The number of aromatic nitrogens is 2. The SMILES string of the molecule is CSCc1nc2ccccc2n1CC(=O)NNC(=O)c1ccccc1Cl. The summed E-state index contributed by atoms with van der Waals surface area (Å²) in [4.78, 5) is 29.0. The Hall–Kier alpha value is -2.51. The third-order valence-electron chi connectivity index (χ3n) is 3.74. The fraction of sp³-hybridized carbons (Fsp3) is 0.167. The van der Waals surface area contributed by atoms with Crippen molar-refractivity contribution >= 4 is 46.2 Å². The molecule has 0 atom stereocenters. The number of thioether (sulfide) groups is 1. The number of benzene rings is 2. The molecule has 3 aromatic rings. The first-order chi connectivity index (χ1) is 12.6. The smallest absolute Gasteiger partial charge is 0.271 e. The van der Waals surface area contributed by atoms with Gasteiger partial charge in [0.1, 0.15) is 12.4 Å². The van der Waals surface area contributed by atoms with Gasteiger partial charge < -0.3 is 4.57 Å². The number of hydrazine groups is 1. The molecule has 2 N–H and O–H groups in total. The Morgan fingerprint density at radius 1 is 1.12 bits per heavy atom. The number of hydrogen-bond donors (Lipinski definition) is 2. The first-order valence-corrected chi connectivity index (χ1v) is 9.64. The van der Waals surface area contributed by atoms with Crippen LogP contribution in [-0.2, 0) is 17.1 Å². The Kier molecular flexibility index (Phi) is 5.80. The molecule has 0 aliphatic rings. The fourth-order valence-corrected chi connectivity index (χ4v) is 3.26. The van der Waals surface area contributed by atoms with Crippen LogP contribution in [0.3, 0.4) is 0 Å². The first-order valence-electron chi connectivity index (χ1n) is 7.87. The van der Waals surface area contributed by atoms with Crippen molar-refractivity contribution in [2.24, 2.45) is 0 Å². The van der Waals surface area contributed by atoms with Gasteiger partial charge in [-0.3, -0.25) is 20.4 Å². The summed E-state index contributed by atoms with van der Waals surface area (Å²) < 4.78 is 1.85. The summed E-state index contributed by atoms with van der Waals surface area (Å²) in [5, 5.41) is 0.321. The Bertz CT molecular complexity index is 957. The molecule has 1 heterocycles. The Balaban J connectivity index is 1.70. The lowest BCUT2D eigenvalue weighted by atomic mass is 10.2. The molecule has 3 rings (SSSR count). The third kappa shape index (κ3) is 4.00. The number of carbonyl (C=O) groups excluding carboxylic acids is 2. The van der Waals surface area contributed by atoms with Gasteiger partial charge in [0, 0.05) is 0 Å². The molecule has 0 aliphatic heterocycles. The van der Waals surface area contributed by atoms with Gasteiger partial charge in [0.2, 0.25) is 0 Å². The zero-order valence-electron chi connectivity index (χ0n) is 14.0. The van der Waals surface area contributed by atoms with Crippen LogP contribution in [0, 0.1) is 0 Å². The van der Waals surface area contributed by atoms with E-state index in [9.17, 15) is 9.59 Å². The normalized spacial score (nSPS) is 10.7. The van der Waals surface area contributed by atoms with Crippen LogP contribution in [0.4, 0.5) is 0 Å². The molecule has 0 spiro atoms. The maximum absolute atomic E-state index is 12.3. The standard InChI is InChI=1S/C18H17ClN4O2S/c1-26-11-16-20-14-8-4-5-9-15(14)23(16)10-17(24)21-22-18(25)12-6-2-3-7-13(12)19/h2-9H,10-11H2,1H3,(H,21,24)(H,22,25). The lowest BCUT2D eigenvalue weighted by Crippen LogP contribution is -2.43. The molecule has 26 heavy (non-hydrogen) atoms. The van der Waals surface area contributed by atoms with Crippen LogP contribution >= 0.6 is 23.4 Å². The molecule has 0 fully saturated rings. The molecule has 1 aromatic heterocycles. The molecule has 0 saturated carbocycles. The lowest BCUT2D eigenvalue weighted by Gasteiger charge is -2.11. The van der Waals surface area contributed by atoms with E-state index in [-0.39, 0.29) is 12.5 Å². The van der Waals surface area contributed by atoms with Crippen LogP contribution in [-0.4, -0.2) is 27.6 Å². The van der Waals surface area contributed by atoms with Gasteiger partial charge in [0.05, 0.1) is 27.4 Å². The van der Waals surface area contributed by atoms with E-state index in [2.05, 4.69) is 15.8 Å². The highest BCUT2D eigenvalue weighted by Crippen LogP contribution is 2.19. The van der Waals surface area contributed by atoms with E-state index < -0.39 is 5.91 Å². The topological polar surface area (TPSA) is 76.0 Å². The van der Waals surface area contributed by atoms with E-state index in [1.54, 1.807) is 36.0 Å². The predicted molar refractivity (Wildman–Crippen MR) is 104 cm³/mol. The van der Waals surface area contributed by atoms with Crippen LogP contribution in [0.5, 0.6) is 0 Å². The highest BCUT2D eigenvalue weighted by atomic mass is 35.5. The number of halogens is 1. The van der Waals surface area contributed by atoms with Gasteiger partial charge in [-0.1, -0.05) is 35.9 Å². The minimum Gasteiger partial charge on any atom is -0.318 e. The van der Waals surface area contributed by atoms with E-state index in [0.29, 0.717) is 16.3 Å². The summed E-state index contributed by atoms with van der Waals surface area (Å²) in [6, 6.07) is 14.3. The molecule has 6 nitrogen and oxygen atoms in total. The Morgan fingerprint density at radius 3 is 2.62 bits per heavy atom. The monoisotopic (exact) mass is 388 g/mol. The van der Waals surface area contributed by atoms with E-state index >= 15 is 0 Å². The molecule has 0 radical (unpaired) electrons. The summed E-state index contributed by atoms with van der Waals surface area (Å²) in [5.74, 6) is 0.680. The van der Waals surface area contributed by atoms with E-state index in [4.69, 9.17) is 11.6 Å². The maximum atomic E-state index is 12.3. The van der Waals surface area contributed by atoms with Gasteiger partial charge in [-0.15, -0.1) is 0 Å². The van der Waals surface area contributed by atoms with Crippen molar-refractivity contribution in [1.29, 1.82) is 0 Å². The number of fused-ring (bicyclic) bond motifs is 1. The molecule has 134 valence electrons. The van der Waals surface area contributed by atoms with Crippen molar-refractivity contribution < 1.29 is 9.59 Å². The summed E-state index contributed by atoms with van der Waals surface area (Å²) in [6.45, 7) is 0.0548. The minimum absolute atomic E-state index is 0.0548. The molecular formula is C18H17ClN4O2S. The number of para-hydroxylation sites is 2. The van der Waals surface area contributed by atoms with Crippen LogP contribution in [0.1, 0.15) is 16.2 Å². The number of amides is 2. The summed E-state index contributed by atoms with van der Waals surface area (Å²) in [7, 11) is 0. The second-order valence-corrected chi connectivity index (χ2v) is 6.79. The van der Waals surface area contributed by atoms with Crippen LogP contribution in [0.2, 0.25) is 5.02 Å². The second-order valence-electron chi connectivity index (χ2n) is 5.52. The summed E-state index contributed by atoms with van der Waals surface area (Å²) >= 11 is 7.61. The summed E-state index contributed by atoms with van der Waals surface area (Å²) in [6.07, 6.45) is 1.98. The average molecular weight is 389 g/mol. The first kappa shape index (κ1) is 18.3. The maximum Gasteiger partial charge on any atom is 0.271 e. The van der Waals surface area contributed by atoms with Gasteiger partial charge in [-0.2, -0.15) is 11.8 Å².